The molecule has 1 unspecified atom stereocenters. The van der Waals surface area contributed by atoms with Gasteiger partial charge in [-0.3, -0.25) is 4.79 Å². The molecule has 1 atom stereocenters. The molecule has 1 heterocycles. The van der Waals surface area contributed by atoms with Crippen molar-refractivity contribution in [2.24, 2.45) is 5.92 Å². The van der Waals surface area contributed by atoms with Crippen molar-refractivity contribution in [1.29, 1.82) is 0 Å². The average molecular weight is 375 g/mol. The molecule has 138 valence electrons. The number of anilines is 1. The van der Waals surface area contributed by atoms with Crippen LogP contribution in [0, 0.1) is 5.92 Å². The number of methoxy groups -OCH3 is 2. The van der Waals surface area contributed by atoms with E-state index in [1.54, 1.807) is 18.2 Å². The Morgan fingerprint density at radius 1 is 1.19 bits per heavy atom. The van der Waals surface area contributed by atoms with Crippen LogP contribution in [0.4, 0.5) is 5.00 Å². The molecule has 1 aromatic carbocycles. The molecule has 1 aliphatic carbocycles. The molecule has 1 aromatic heterocycles. The van der Waals surface area contributed by atoms with Crippen LogP contribution in [-0.4, -0.2) is 31.2 Å². The summed E-state index contributed by atoms with van der Waals surface area (Å²) < 4.78 is 10.4. The van der Waals surface area contributed by atoms with Crippen LogP contribution in [0.5, 0.6) is 11.5 Å². The Balaban J connectivity index is 1.94. The molecule has 0 saturated heterocycles. The van der Waals surface area contributed by atoms with Crippen molar-refractivity contribution in [2.75, 3.05) is 19.5 Å². The molecule has 0 spiro atoms. The second kappa shape index (κ2) is 7.37. The van der Waals surface area contributed by atoms with Gasteiger partial charge in [-0.25, -0.2) is 4.79 Å². The molecule has 1 amide bonds. The summed E-state index contributed by atoms with van der Waals surface area (Å²) in [5, 5.41) is 12.8. The molecule has 0 fully saturated rings. The zero-order valence-corrected chi connectivity index (χ0v) is 15.7. The number of carboxylic acids is 1. The number of fused-ring (bicyclic) bond motifs is 1. The SMILES string of the molecule is COc1cc(OC)cc(C(=O)Nc2sc3c(c2C(=O)O)CCC(C)C3)c1. The van der Waals surface area contributed by atoms with E-state index in [0.29, 0.717) is 28.0 Å². The Labute approximate surface area is 155 Å². The van der Waals surface area contributed by atoms with Gasteiger partial charge in [0.25, 0.3) is 5.91 Å². The van der Waals surface area contributed by atoms with E-state index in [1.165, 1.54) is 25.6 Å². The summed E-state index contributed by atoms with van der Waals surface area (Å²) in [6.45, 7) is 2.16. The Kier molecular flexibility index (Phi) is 5.18. The largest absolute Gasteiger partial charge is 0.497 e. The van der Waals surface area contributed by atoms with E-state index in [-0.39, 0.29) is 5.56 Å². The van der Waals surface area contributed by atoms with Crippen LogP contribution in [-0.2, 0) is 12.8 Å². The minimum Gasteiger partial charge on any atom is -0.497 e. The first-order valence-corrected chi connectivity index (χ1v) is 9.16. The second-order valence-corrected chi connectivity index (χ2v) is 7.52. The number of ether oxygens (including phenoxy) is 2. The predicted octanol–water partition coefficient (Wildman–Crippen LogP) is 3.84. The highest BCUT2D eigenvalue weighted by Gasteiger charge is 2.28. The number of hydrogen-bond acceptors (Lipinski definition) is 5. The van der Waals surface area contributed by atoms with Crippen molar-refractivity contribution in [3.8, 4) is 11.5 Å². The minimum absolute atomic E-state index is 0.222. The lowest BCUT2D eigenvalue weighted by molar-refractivity contribution is 0.0697. The maximum Gasteiger partial charge on any atom is 0.339 e. The van der Waals surface area contributed by atoms with E-state index >= 15 is 0 Å². The molecule has 0 aliphatic heterocycles. The van der Waals surface area contributed by atoms with Gasteiger partial charge in [0.05, 0.1) is 19.8 Å². The summed E-state index contributed by atoms with van der Waals surface area (Å²) in [5.74, 6) is 0.112. The van der Waals surface area contributed by atoms with Gasteiger partial charge in [0.1, 0.15) is 16.5 Å². The van der Waals surface area contributed by atoms with Crippen molar-refractivity contribution in [3.63, 3.8) is 0 Å². The van der Waals surface area contributed by atoms with Gasteiger partial charge in [0, 0.05) is 16.5 Å². The van der Waals surface area contributed by atoms with Crippen LogP contribution in [0.15, 0.2) is 18.2 Å². The first-order chi connectivity index (χ1) is 12.4. The highest BCUT2D eigenvalue weighted by atomic mass is 32.1. The third-order valence-corrected chi connectivity index (χ3v) is 5.74. The van der Waals surface area contributed by atoms with E-state index in [9.17, 15) is 14.7 Å². The van der Waals surface area contributed by atoms with Crippen LogP contribution in [0.3, 0.4) is 0 Å². The number of nitrogens with one attached hydrogen (secondary N) is 1. The highest BCUT2D eigenvalue weighted by molar-refractivity contribution is 7.17. The quantitative estimate of drug-likeness (QED) is 0.829. The van der Waals surface area contributed by atoms with Crippen molar-refractivity contribution in [3.05, 3.63) is 39.8 Å². The van der Waals surface area contributed by atoms with Crippen molar-refractivity contribution in [2.45, 2.75) is 26.2 Å². The fraction of sp³-hybridized carbons (Fsp3) is 0.368. The lowest BCUT2D eigenvalue weighted by Gasteiger charge is -2.17. The van der Waals surface area contributed by atoms with Gasteiger partial charge >= 0.3 is 5.97 Å². The molecule has 2 aromatic rings. The zero-order chi connectivity index (χ0) is 18.8. The summed E-state index contributed by atoms with van der Waals surface area (Å²) >= 11 is 1.36. The molecule has 6 nitrogen and oxygen atoms in total. The van der Waals surface area contributed by atoms with Gasteiger partial charge in [-0.15, -0.1) is 11.3 Å². The minimum atomic E-state index is -1.00. The molecule has 7 heteroatoms. The van der Waals surface area contributed by atoms with E-state index < -0.39 is 11.9 Å². The number of carbonyl (C=O) groups excluding carboxylic acids is 1. The summed E-state index contributed by atoms with van der Waals surface area (Å²) in [7, 11) is 3.01. The number of amides is 1. The van der Waals surface area contributed by atoms with Gasteiger partial charge in [-0.05, 0) is 42.9 Å². The van der Waals surface area contributed by atoms with Gasteiger partial charge in [0.2, 0.25) is 0 Å². The van der Waals surface area contributed by atoms with Crippen LogP contribution in [0.25, 0.3) is 0 Å². The summed E-state index contributed by atoms with van der Waals surface area (Å²) in [4.78, 5) is 25.5. The first kappa shape index (κ1) is 18.3. The normalized spacial score (nSPS) is 15.9. The number of aromatic carboxylic acids is 1. The van der Waals surface area contributed by atoms with E-state index in [1.807, 2.05) is 0 Å². The standard InChI is InChI=1S/C19H21NO5S/c1-10-4-5-14-15(6-10)26-18(16(14)19(22)23)20-17(21)11-7-12(24-2)9-13(8-11)25-3/h7-10H,4-6H2,1-3H3,(H,20,21)(H,22,23). The highest BCUT2D eigenvalue weighted by Crippen LogP contribution is 2.40. The molecule has 0 bridgehead atoms. The molecule has 3 rings (SSSR count). The van der Waals surface area contributed by atoms with Gasteiger partial charge in [-0.2, -0.15) is 0 Å². The first-order valence-electron chi connectivity index (χ1n) is 8.35. The third-order valence-electron chi connectivity index (χ3n) is 4.57. The maximum atomic E-state index is 12.7. The predicted molar refractivity (Wildman–Crippen MR) is 100.0 cm³/mol. The summed E-state index contributed by atoms with van der Waals surface area (Å²) in [6.07, 6.45) is 2.55. The molecular formula is C19H21NO5S. The maximum absolute atomic E-state index is 12.7. The Bertz CT molecular complexity index is 836. The van der Waals surface area contributed by atoms with Crippen molar-refractivity contribution in [1.82, 2.24) is 0 Å². The van der Waals surface area contributed by atoms with Crippen LogP contribution < -0.4 is 14.8 Å². The van der Waals surface area contributed by atoms with Crippen LogP contribution >= 0.6 is 11.3 Å². The number of carboxylic acid groups (broad SMARTS) is 1. The fourth-order valence-corrected chi connectivity index (χ4v) is 4.58. The van der Waals surface area contributed by atoms with Crippen molar-refractivity contribution >= 4 is 28.2 Å². The van der Waals surface area contributed by atoms with E-state index in [0.717, 1.165) is 29.7 Å². The van der Waals surface area contributed by atoms with Crippen molar-refractivity contribution < 1.29 is 24.2 Å². The molecule has 1 aliphatic rings. The Morgan fingerprint density at radius 2 is 1.85 bits per heavy atom. The lowest BCUT2D eigenvalue weighted by Crippen LogP contribution is -2.15. The van der Waals surface area contributed by atoms with E-state index in [2.05, 4.69) is 12.2 Å². The van der Waals surface area contributed by atoms with Gasteiger partial charge in [-0.1, -0.05) is 6.92 Å². The smallest absolute Gasteiger partial charge is 0.339 e. The summed E-state index contributed by atoms with van der Waals surface area (Å²) in [6, 6.07) is 4.85. The lowest BCUT2D eigenvalue weighted by atomic mass is 9.88. The molecule has 0 radical (unpaired) electrons. The van der Waals surface area contributed by atoms with Crippen LogP contribution in [0.2, 0.25) is 0 Å². The molecule has 2 N–H and O–H groups in total. The van der Waals surface area contributed by atoms with Crippen LogP contribution in [0.1, 0.15) is 44.5 Å². The monoisotopic (exact) mass is 375 g/mol. The Morgan fingerprint density at radius 3 is 2.42 bits per heavy atom. The number of thiophene rings is 1. The Hall–Kier alpha value is -2.54. The number of rotatable bonds is 5. The number of hydrogen-bond donors (Lipinski definition) is 2. The fourth-order valence-electron chi connectivity index (χ4n) is 3.18. The van der Waals surface area contributed by atoms with Gasteiger partial charge in [0.15, 0.2) is 0 Å². The van der Waals surface area contributed by atoms with E-state index in [4.69, 9.17) is 9.47 Å². The second-order valence-electron chi connectivity index (χ2n) is 6.42. The zero-order valence-electron chi connectivity index (χ0n) is 14.9. The third kappa shape index (κ3) is 3.53. The number of benzene rings is 1. The summed E-state index contributed by atoms with van der Waals surface area (Å²) in [5.41, 5.74) is 1.43. The molecule has 0 saturated carbocycles. The van der Waals surface area contributed by atoms with Gasteiger partial charge < -0.3 is 19.9 Å². The topological polar surface area (TPSA) is 84.9 Å². The molecule has 26 heavy (non-hydrogen) atoms. The molecular weight excluding hydrogens is 354 g/mol. The average Bonchev–Trinajstić information content (AvgIpc) is 2.97. The number of carbonyl (C=O) groups is 2.